The van der Waals surface area contributed by atoms with Crippen LogP contribution in [0.1, 0.15) is 5.56 Å². The van der Waals surface area contributed by atoms with Gasteiger partial charge in [0.1, 0.15) is 17.1 Å². The summed E-state index contributed by atoms with van der Waals surface area (Å²) < 4.78 is 5.63. The zero-order valence-electron chi connectivity index (χ0n) is 9.31. The normalized spacial score (nSPS) is 11.2. The molecule has 0 fully saturated rings. The van der Waals surface area contributed by atoms with Crippen molar-refractivity contribution in [2.75, 3.05) is 0 Å². The largest absolute Gasteiger partial charge is 0.508 e. The van der Waals surface area contributed by atoms with Crippen molar-refractivity contribution in [1.82, 2.24) is 0 Å². The standard InChI is InChI=1S/C14H9ClO3/c15-7-12-10-3-1-8(16)5-13(10)18-14-6-9(17)2-4-11(12)14/h1-6,16H,7H2. The Balaban J connectivity index is 2.52. The van der Waals surface area contributed by atoms with E-state index >= 15 is 0 Å². The highest BCUT2D eigenvalue weighted by atomic mass is 35.5. The second kappa shape index (κ2) is 4.03. The fraction of sp³-hybridized carbons (Fsp3) is 0.0714. The van der Waals surface area contributed by atoms with Gasteiger partial charge in [0.05, 0.1) is 0 Å². The summed E-state index contributed by atoms with van der Waals surface area (Å²) in [6.45, 7) is 0. The van der Waals surface area contributed by atoms with Crippen molar-refractivity contribution >= 4 is 22.6 Å². The number of alkyl halides is 1. The fourth-order valence-electron chi connectivity index (χ4n) is 2.09. The van der Waals surface area contributed by atoms with Gasteiger partial charge < -0.3 is 9.52 Å². The van der Waals surface area contributed by atoms with Crippen LogP contribution in [0.15, 0.2) is 45.6 Å². The molecule has 3 nitrogen and oxygen atoms in total. The SMILES string of the molecule is O=c1ccc2c(CCl)c3ccc(O)cc3oc-2c1. The summed E-state index contributed by atoms with van der Waals surface area (Å²) in [7, 11) is 0. The van der Waals surface area contributed by atoms with Gasteiger partial charge in [-0.3, -0.25) is 4.79 Å². The van der Waals surface area contributed by atoms with E-state index in [1.54, 1.807) is 18.2 Å². The molecule has 0 saturated heterocycles. The zero-order valence-corrected chi connectivity index (χ0v) is 10.1. The minimum atomic E-state index is -0.119. The molecule has 2 aliphatic rings. The Morgan fingerprint density at radius 2 is 2.00 bits per heavy atom. The van der Waals surface area contributed by atoms with E-state index in [4.69, 9.17) is 16.0 Å². The molecule has 3 rings (SSSR count). The molecule has 0 atom stereocenters. The molecule has 1 N–H and O–H groups in total. The molecule has 1 aromatic carbocycles. The average Bonchev–Trinajstić information content (AvgIpc) is 2.35. The lowest BCUT2D eigenvalue weighted by Crippen LogP contribution is -2.00. The van der Waals surface area contributed by atoms with Gasteiger partial charge in [-0.15, -0.1) is 11.6 Å². The molecule has 0 bridgehead atoms. The van der Waals surface area contributed by atoms with E-state index in [0.717, 1.165) is 16.5 Å². The molecule has 90 valence electrons. The Morgan fingerprint density at radius 3 is 2.78 bits per heavy atom. The molecule has 1 aromatic rings. The minimum absolute atomic E-state index is 0.115. The van der Waals surface area contributed by atoms with Gasteiger partial charge in [0.2, 0.25) is 0 Å². The van der Waals surface area contributed by atoms with Crippen LogP contribution < -0.4 is 5.43 Å². The molecule has 4 heteroatoms. The maximum Gasteiger partial charge on any atom is 0.182 e. The average molecular weight is 261 g/mol. The maximum atomic E-state index is 11.3. The van der Waals surface area contributed by atoms with Gasteiger partial charge in [-0.2, -0.15) is 0 Å². The zero-order chi connectivity index (χ0) is 12.7. The number of hydrogen-bond donors (Lipinski definition) is 1. The molecule has 1 heterocycles. The summed E-state index contributed by atoms with van der Waals surface area (Å²) in [5.74, 6) is 0.910. The van der Waals surface area contributed by atoms with Crippen LogP contribution in [-0.2, 0) is 5.88 Å². The first-order valence-electron chi connectivity index (χ1n) is 5.43. The molecule has 0 saturated carbocycles. The van der Waals surface area contributed by atoms with Crippen LogP contribution in [-0.4, -0.2) is 5.11 Å². The predicted octanol–water partition coefficient (Wildman–Crippen LogP) is 3.34. The van der Waals surface area contributed by atoms with Crippen LogP contribution in [0.4, 0.5) is 0 Å². The van der Waals surface area contributed by atoms with Crippen LogP contribution >= 0.6 is 11.6 Å². The topological polar surface area (TPSA) is 50.4 Å². The molecule has 0 spiro atoms. The van der Waals surface area contributed by atoms with Gasteiger partial charge in [-0.05, 0) is 29.8 Å². The van der Waals surface area contributed by atoms with Gasteiger partial charge in [0.15, 0.2) is 5.43 Å². The minimum Gasteiger partial charge on any atom is -0.508 e. The van der Waals surface area contributed by atoms with Crippen LogP contribution in [0.2, 0.25) is 0 Å². The Bertz CT molecular complexity index is 761. The number of aromatic hydroxyl groups is 1. The molecular weight excluding hydrogens is 252 g/mol. The number of halogens is 1. The molecule has 18 heavy (non-hydrogen) atoms. The Labute approximate surface area is 108 Å². The third-order valence-electron chi connectivity index (χ3n) is 2.92. The lowest BCUT2D eigenvalue weighted by atomic mass is 10.0. The van der Waals surface area contributed by atoms with E-state index in [-0.39, 0.29) is 11.2 Å². The lowest BCUT2D eigenvalue weighted by Gasteiger charge is -2.12. The molecule has 0 unspecified atom stereocenters. The summed E-state index contributed by atoms with van der Waals surface area (Å²) in [6.07, 6.45) is 0. The Morgan fingerprint density at radius 1 is 1.17 bits per heavy atom. The summed E-state index contributed by atoms with van der Waals surface area (Å²) in [5, 5.41) is 10.3. The van der Waals surface area contributed by atoms with Crippen LogP contribution in [0.5, 0.6) is 5.75 Å². The van der Waals surface area contributed by atoms with Crippen molar-refractivity contribution < 1.29 is 9.52 Å². The number of fused-ring (bicyclic) bond motifs is 2. The lowest BCUT2D eigenvalue weighted by molar-refractivity contribution is 0.474. The molecule has 0 amide bonds. The van der Waals surface area contributed by atoms with E-state index in [2.05, 4.69) is 0 Å². The highest BCUT2D eigenvalue weighted by Crippen LogP contribution is 2.34. The molecular formula is C14H9ClO3. The monoisotopic (exact) mass is 260 g/mol. The van der Waals surface area contributed by atoms with Crippen LogP contribution in [0.25, 0.3) is 22.3 Å². The van der Waals surface area contributed by atoms with Gasteiger partial charge in [-0.25, -0.2) is 0 Å². The number of rotatable bonds is 1. The molecule has 1 aliphatic heterocycles. The highest BCUT2D eigenvalue weighted by molar-refractivity contribution is 6.18. The van der Waals surface area contributed by atoms with Gasteiger partial charge in [0.25, 0.3) is 0 Å². The third-order valence-corrected chi connectivity index (χ3v) is 3.19. The van der Waals surface area contributed by atoms with E-state index in [1.807, 2.05) is 0 Å². The summed E-state index contributed by atoms with van der Waals surface area (Å²) >= 11 is 5.98. The number of phenolic OH excluding ortho intramolecular Hbond substituents is 1. The van der Waals surface area contributed by atoms with Crippen LogP contribution in [0, 0.1) is 0 Å². The Kier molecular flexibility index (Phi) is 2.49. The first kappa shape index (κ1) is 11.1. The number of benzene rings is 2. The second-order valence-corrected chi connectivity index (χ2v) is 4.32. The van der Waals surface area contributed by atoms with Gasteiger partial charge >= 0.3 is 0 Å². The van der Waals surface area contributed by atoms with Crippen molar-refractivity contribution in [2.45, 2.75) is 5.88 Å². The van der Waals surface area contributed by atoms with Gasteiger partial charge in [0, 0.05) is 29.0 Å². The van der Waals surface area contributed by atoms with E-state index in [1.165, 1.54) is 18.2 Å². The first-order valence-corrected chi connectivity index (χ1v) is 5.97. The van der Waals surface area contributed by atoms with Crippen molar-refractivity contribution in [3.63, 3.8) is 0 Å². The predicted molar refractivity (Wildman–Crippen MR) is 70.3 cm³/mol. The maximum absolute atomic E-state index is 11.3. The van der Waals surface area contributed by atoms with E-state index < -0.39 is 0 Å². The molecule has 1 aliphatic carbocycles. The van der Waals surface area contributed by atoms with Crippen molar-refractivity contribution in [3.05, 3.63) is 52.2 Å². The fourth-order valence-corrected chi connectivity index (χ4v) is 2.38. The van der Waals surface area contributed by atoms with E-state index in [9.17, 15) is 9.90 Å². The smallest absolute Gasteiger partial charge is 0.182 e. The van der Waals surface area contributed by atoms with Crippen LogP contribution in [0.3, 0.4) is 0 Å². The number of hydrogen-bond acceptors (Lipinski definition) is 3. The van der Waals surface area contributed by atoms with Gasteiger partial charge in [-0.1, -0.05) is 0 Å². The first-order chi connectivity index (χ1) is 8.69. The number of phenols is 1. The summed E-state index contributed by atoms with van der Waals surface area (Å²) in [4.78, 5) is 11.3. The summed E-state index contributed by atoms with van der Waals surface area (Å²) in [5.41, 5.74) is 2.12. The highest BCUT2D eigenvalue weighted by Gasteiger charge is 2.14. The second-order valence-electron chi connectivity index (χ2n) is 4.05. The molecule has 0 aromatic heterocycles. The quantitative estimate of drug-likeness (QED) is 0.539. The van der Waals surface area contributed by atoms with E-state index in [0.29, 0.717) is 17.2 Å². The van der Waals surface area contributed by atoms with Crippen molar-refractivity contribution in [2.24, 2.45) is 0 Å². The van der Waals surface area contributed by atoms with Crippen molar-refractivity contribution in [1.29, 1.82) is 0 Å². The third kappa shape index (κ3) is 1.64. The van der Waals surface area contributed by atoms with Crippen molar-refractivity contribution in [3.8, 4) is 17.1 Å². The Hall–Kier alpha value is -2.00. The summed E-state index contributed by atoms with van der Waals surface area (Å²) in [6, 6.07) is 9.49. The molecule has 0 radical (unpaired) electrons.